The van der Waals surface area contributed by atoms with Crippen LogP contribution in [-0.2, 0) is 0 Å². The van der Waals surface area contributed by atoms with Gasteiger partial charge in [0.05, 0.1) is 20.1 Å². The zero-order chi connectivity index (χ0) is 16.7. The van der Waals surface area contributed by atoms with Crippen LogP contribution in [0.2, 0.25) is 0 Å². The second kappa shape index (κ2) is 5.43. The molecule has 9 heteroatoms. The highest BCUT2D eigenvalue weighted by Gasteiger charge is 2.29. The van der Waals surface area contributed by atoms with Gasteiger partial charge in [-0.1, -0.05) is 0 Å². The molecule has 0 fully saturated rings. The number of aromatic amines is 1. The number of benzene rings is 1. The molecule has 118 valence electrons. The van der Waals surface area contributed by atoms with E-state index in [4.69, 9.17) is 0 Å². The Kier molecular flexibility index (Phi) is 3.57. The van der Waals surface area contributed by atoms with Crippen LogP contribution < -0.4 is 4.90 Å². The number of hydrogen-bond acceptors (Lipinski definition) is 6. The van der Waals surface area contributed by atoms with Crippen LogP contribution in [0.5, 0.6) is 0 Å². The predicted molar refractivity (Wildman–Crippen MR) is 87.1 cm³/mol. The van der Waals surface area contributed by atoms with E-state index in [2.05, 4.69) is 15.2 Å². The number of carbonyl (C=O) groups excluding carboxylic acids is 1. The molecule has 0 saturated carbocycles. The monoisotopic (exact) mass is 331 g/mol. The van der Waals surface area contributed by atoms with Crippen molar-refractivity contribution in [1.82, 2.24) is 15.2 Å². The number of thiazole rings is 1. The van der Waals surface area contributed by atoms with E-state index >= 15 is 0 Å². The van der Waals surface area contributed by atoms with Gasteiger partial charge in [-0.3, -0.25) is 20.0 Å². The van der Waals surface area contributed by atoms with E-state index in [1.165, 1.54) is 23.2 Å². The highest BCUT2D eigenvalue weighted by Crippen LogP contribution is 2.28. The molecule has 0 spiro atoms. The summed E-state index contributed by atoms with van der Waals surface area (Å²) in [6.45, 7) is 3.42. The number of amides is 1. The van der Waals surface area contributed by atoms with E-state index in [9.17, 15) is 14.9 Å². The van der Waals surface area contributed by atoms with Gasteiger partial charge in [-0.05, 0) is 32.0 Å². The second-order valence-corrected chi connectivity index (χ2v) is 6.29. The van der Waals surface area contributed by atoms with Gasteiger partial charge in [-0.25, -0.2) is 4.98 Å². The molecule has 3 aromatic rings. The molecule has 0 atom stereocenters. The summed E-state index contributed by atoms with van der Waals surface area (Å²) in [6.07, 6.45) is 0. The van der Waals surface area contributed by atoms with Gasteiger partial charge in [0.15, 0.2) is 0 Å². The van der Waals surface area contributed by atoms with Gasteiger partial charge in [0.1, 0.15) is 5.69 Å². The average molecular weight is 331 g/mol. The number of aromatic nitrogens is 3. The van der Waals surface area contributed by atoms with Crippen LogP contribution in [0.1, 0.15) is 21.2 Å². The molecular formula is C14H13N5O3S. The largest absolute Gasteiger partial charge is 0.322 e. The number of aryl methyl sites for hydroxylation is 2. The molecule has 2 heterocycles. The number of hydrogen-bond donors (Lipinski definition) is 1. The molecule has 23 heavy (non-hydrogen) atoms. The summed E-state index contributed by atoms with van der Waals surface area (Å²) in [6, 6.07) is 5.41. The minimum Gasteiger partial charge on any atom is -0.310 e. The fraction of sp³-hybridized carbons (Fsp3) is 0.214. The maximum Gasteiger partial charge on any atom is 0.322 e. The number of nitro groups is 1. The van der Waals surface area contributed by atoms with Gasteiger partial charge >= 0.3 is 5.69 Å². The molecule has 1 N–H and O–H groups in total. The molecule has 0 aliphatic carbocycles. The SMILES string of the molecule is Cc1nc2ccc(N(C)C(=O)c3n[nH]c(C)c3[N+](=O)[O-])cc2s1. The van der Waals surface area contributed by atoms with E-state index in [1.807, 2.05) is 19.1 Å². The van der Waals surface area contributed by atoms with Crippen LogP contribution in [0, 0.1) is 24.0 Å². The lowest BCUT2D eigenvalue weighted by molar-refractivity contribution is -0.385. The van der Waals surface area contributed by atoms with E-state index in [0.717, 1.165) is 15.2 Å². The van der Waals surface area contributed by atoms with Gasteiger partial charge in [0.25, 0.3) is 5.91 Å². The molecule has 1 aromatic carbocycles. The highest BCUT2D eigenvalue weighted by molar-refractivity contribution is 7.18. The van der Waals surface area contributed by atoms with E-state index in [0.29, 0.717) is 5.69 Å². The molecule has 0 saturated heterocycles. The summed E-state index contributed by atoms with van der Waals surface area (Å²) >= 11 is 1.52. The molecule has 0 radical (unpaired) electrons. The van der Waals surface area contributed by atoms with Crippen molar-refractivity contribution in [1.29, 1.82) is 0 Å². The van der Waals surface area contributed by atoms with Gasteiger partial charge < -0.3 is 4.90 Å². The molecule has 2 aromatic heterocycles. The van der Waals surface area contributed by atoms with Crippen molar-refractivity contribution < 1.29 is 9.72 Å². The van der Waals surface area contributed by atoms with Crippen LogP contribution in [0.15, 0.2) is 18.2 Å². The third kappa shape index (κ3) is 2.55. The van der Waals surface area contributed by atoms with Gasteiger partial charge in [0.2, 0.25) is 5.69 Å². The lowest BCUT2D eigenvalue weighted by atomic mass is 10.2. The number of nitrogens with zero attached hydrogens (tertiary/aromatic N) is 4. The lowest BCUT2D eigenvalue weighted by Gasteiger charge is -2.15. The van der Waals surface area contributed by atoms with Crippen LogP contribution in [0.3, 0.4) is 0 Å². The Labute approximate surface area is 134 Å². The Morgan fingerprint density at radius 2 is 2.13 bits per heavy atom. The molecule has 3 rings (SSSR count). The van der Waals surface area contributed by atoms with Crippen molar-refractivity contribution in [2.45, 2.75) is 13.8 Å². The Morgan fingerprint density at radius 1 is 1.39 bits per heavy atom. The quantitative estimate of drug-likeness (QED) is 0.587. The summed E-state index contributed by atoms with van der Waals surface area (Å²) in [5.74, 6) is -0.540. The normalized spacial score (nSPS) is 10.9. The van der Waals surface area contributed by atoms with Crippen LogP contribution in [-0.4, -0.2) is 33.1 Å². The molecule has 0 aliphatic heterocycles. The van der Waals surface area contributed by atoms with Crippen molar-refractivity contribution in [2.75, 3.05) is 11.9 Å². The maximum absolute atomic E-state index is 12.6. The van der Waals surface area contributed by atoms with Crippen LogP contribution in [0.4, 0.5) is 11.4 Å². The van der Waals surface area contributed by atoms with Crippen LogP contribution >= 0.6 is 11.3 Å². The Balaban J connectivity index is 1.99. The van der Waals surface area contributed by atoms with Gasteiger partial charge in [-0.15, -0.1) is 11.3 Å². The third-order valence-electron chi connectivity index (χ3n) is 3.47. The average Bonchev–Trinajstić information content (AvgIpc) is 3.06. The van der Waals surface area contributed by atoms with Crippen molar-refractivity contribution in [3.8, 4) is 0 Å². The molecule has 1 amide bonds. The molecule has 0 bridgehead atoms. The summed E-state index contributed by atoms with van der Waals surface area (Å²) in [5, 5.41) is 18.3. The number of rotatable bonds is 3. The summed E-state index contributed by atoms with van der Waals surface area (Å²) < 4.78 is 0.951. The van der Waals surface area contributed by atoms with Gasteiger partial charge in [0, 0.05) is 12.7 Å². The van der Waals surface area contributed by atoms with E-state index < -0.39 is 10.8 Å². The topological polar surface area (TPSA) is 105 Å². The highest BCUT2D eigenvalue weighted by atomic mass is 32.1. The molecule has 0 unspecified atom stereocenters. The zero-order valence-electron chi connectivity index (χ0n) is 12.7. The first-order valence-corrected chi connectivity index (χ1v) is 7.54. The third-order valence-corrected chi connectivity index (χ3v) is 4.40. The van der Waals surface area contributed by atoms with Crippen LogP contribution in [0.25, 0.3) is 10.2 Å². The molecule has 8 nitrogen and oxygen atoms in total. The maximum atomic E-state index is 12.6. The molecule has 0 aliphatic rings. The number of H-pyrrole nitrogens is 1. The fourth-order valence-corrected chi connectivity index (χ4v) is 3.17. The standard InChI is InChI=1S/C14H13N5O3S/c1-7-13(19(21)22)12(17-16-7)14(20)18(3)9-4-5-10-11(6-9)23-8(2)15-10/h4-6H,1-3H3,(H,16,17). The van der Waals surface area contributed by atoms with E-state index in [-0.39, 0.29) is 17.1 Å². The number of nitrogens with one attached hydrogen (secondary N) is 1. The minimum atomic E-state index is -0.602. The Bertz CT molecular complexity index is 930. The fourth-order valence-electron chi connectivity index (χ4n) is 2.31. The predicted octanol–water partition coefficient (Wildman–Crippen LogP) is 2.82. The minimum absolute atomic E-state index is 0.199. The second-order valence-electron chi connectivity index (χ2n) is 5.05. The smallest absolute Gasteiger partial charge is 0.310 e. The Hall–Kier alpha value is -2.81. The number of fused-ring (bicyclic) bond motifs is 1. The Morgan fingerprint density at radius 3 is 2.83 bits per heavy atom. The van der Waals surface area contributed by atoms with Crippen molar-refractivity contribution in [2.24, 2.45) is 0 Å². The first-order valence-electron chi connectivity index (χ1n) is 6.73. The van der Waals surface area contributed by atoms with Crippen molar-refractivity contribution in [3.05, 3.63) is 44.7 Å². The number of carbonyl (C=O) groups is 1. The lowest BCUT2D eigenvalue weighted by Crippen LogP contribution is -2.27. The summed E-state index contributed by atoms with van der Waals surface area (Å²) in [4.78, 5) is 28.8. The van der Waals surface area contributed by atoms with Gasteiger partial charge in [-0.2, -0.15) is 5.10 Å². The first kappa shape index (κ1) is 15.1. The van der Waals surface area contributed by atoms with Crippen molar-refractivity contribution >= 4 is 38.8 Å². The number of anilines is 1. The molecular weight excluding hydrogens is 318 g/mol. The van der Waals surface area contributed by atoms with E-state index in [1.54, 1.807) is 13.1 Å². The summed E-state index contributed by atoms with van der Waals surface area (Å²) in [7, 11) is 1.56. The first-order chi connectivity index (χ1) is 10.9. The summed E-state index contributed by atoms with van der Waals surface area (Å²) in [5.41, 5.74) is 1.24. The van der Waals surface area contributed by atoms with Crippen molar-refractivity contribution in [3.63, 3.8) is 0 Å². The zero-order valence-corrected chi connectivity index (χ0v) is 13.5.